The fourth-order valence-corrected chi connectivity index (χ4v) is 3.15. The lowest BCUT2D eigenvalue weighted by molar-refractivity contribution is 0.0926. The van der Waals surface area contributed by atoms with Crippen LogP contribution in [0.15, 0.2) is 48.7 Å². The minimum absolute atomic E-state index is 0.00619. The van der Waals surface area contributed by atoms with Crippen LogP contribution in [0.5, 0.6) is 0 Å². The predicted molar refractivity (Wildman–Crippen MR) is 95.9 cm³/mol. The predicted octanol–water partition coefficient (Wildman–Crippen LogP) is 2.57. The molecule has 2 unspecified atom stereocenters. The van der Waals surface area contributed by atoms with Gasteiger partial charge in [-0.25, -0.2) is 0 Å². The van der Waals surface area contributed by atoms with Gasteiger partial charge in [-0.15, -0.1) is 0 Å². The van der Waals surface area contributed by atoms with Gasteiger partial charge in [0, 0.05) is 24.0 Å². The minimum Gasteiger partial charge on any atom is -0.395 e. The van der Waals surface area contributed by atoms with E-state index in [9.17, 15) is 9.90 Å². The van der Waals surface area contributed by atoms with Crippen molar-refractivity contribution in [2.24, 2.45) is 0 Å². The van der Waals surface area contributed by atoms with Gasteiger partial charge in [0.1, 0.15) is 5.69 Å². The number of hydrogen-bond acceptors (Lipinski definition) is 3. The second kappa shape index (κ2) is 8.79. The number of carbonyl (C=O) groups excluding carboxylic acids is 1. The molecule has 23 heavy (non-hydrogen) atoms. The molecule has 5 heteroatoms. The van der Waals surface area contributed by atoms with Gasteiger partial charge in [-0.1, -0.05) is 30.3 Å². The zero-order chi connectivity index (χ0) is 16.7. The van der Waals surface area contributed by atoms with E-state index in [4.69, 9.17) is 0 Å². The standard InChI is InChI=1S/C18H24N2O2S/c1-14(17(13-21)23-2)19-18(22)16-9-6-11-20(16)12-10-15-7-4-3-5-8-15/h3-9,11,14,17,21H,10,12-13H2,1-2H3,(H,19,22). The molecule has 0 aliphatic carbocycles. The van der Waals surface area contributed by atoms with Crippen molar-refractivity contribution in [2.75, 3.05) is 12.9 Å². The molecular weight excluding hydrogens is 308 g/mol. The number of rotatable bonds is 8. The summed E-state index contributed by atoms with van der Waals surface area (Å²) >= 11 is 1.56. The molecule has 2 N–H and O–H groups in total. The molecule has 2 aromatic rings. The highest BCUT2D eigenvalue weighted by molar-refractivity contribution is 7.99. The first-order valence-electron chi connectivity index (χ1n) is 7.79. The van der Waals surface area contributed by atoms with E-state index in [1.807, 2.05) is 54.3 Å². The van der Waals surface area contributed by atoms with Gasteiger partial charge < -0.3 is 15.0 Å². The summed E-state index contributed by atoms with van der Waals surface area (Å²) in [6.07, 6.45) is 4.75. The van der Waals surface area contributed by atoms with E-state index >= 15 is 0 Å². The SMILES string of the molecule is CSC(CO)C(C)NC(=O)c1cccn1CCc1ccccc1. The maximum Gasteiger partial charge on any atom is 0.268 e. The van der Waals surface area contributed by atoms with Crippen LogP contribution in [0.3, 0.4) is 0 Å². The van der Waals surface area contributed by atoms with Crippen molar-refractivity contribution in [1.82, 2.24) is 9.88 Å². The number of carbonyl (C=O) groups is 1. The molecular formula is C18H24N2O2S. The lowest BCUT2D eigenvalue weighted by Crippen LogP contribution is -2.41. The first-order valence-corrected chi connectivity index (χ1v) is 9.08. The van der Waals surface area contributed by atoms with E-state index in [-0.39, 0.29) is 23.8 Å². The molecule has 1 aromatic heterocycles. The number of aryl methyl sites for hydroxylation is 2. The summed E-state index contributed by atoms with van der Waals surface area (Å²) in [5.41, 5.74) is 1.91. The average molecular weight is 332 g/mol. The van der Waals surface area contributed by atoms with Gasteiger partial charge in [0.2, 0.25) is 0 Å². The molecule has 0 aliphatic rings. The Labute approximate surface area is 141 Å². The Morgan fingerprint density at radius 1 is 1.26 bits per heavy atom. The molecule has 1 heterocycles. The summed E-state index contributed by atoms with van der Waals surface area (Å²) in [7, 11) is 0. The van der Waals surface area contributed by atoms with Gasteiger partial charge in [0.05, 0.1) is 6.61 Å². The lowest BCUT2D eigenvalue weighted by Gasteiger charge is -2.21. The lowest BCUT2D eigenvalue weighted by atomic mass is 10.1. The van der Waals surface area contributed by atoms with Crippen molar-refractivity contribution in [1.29, 1.82) is 0 Å². The Morgan fingerprint density at radius 2 is 2.00 bits per heavy atom. The van der Waals surface area contributed by atoms with Crippen molar-refractivity contribution in [3.63, 3.8) is 0 Å². The Kier molecular flexibility index (Phi) is 6.74. The van der Waals surface area contributed by atoms with Gasteiger partial charge in [0.15, 0.2) is 0 Å². The zero-order valence-corrected chi connectivity index (χ0v) is 14.4. The molecule has 0 fully saturated rings. The summed E-state index contributed by atoms with van der Waals surface area (Å²) in [4.78, 5) is 12.5. The second-order valence-electron chi connectivity index (χ2n) is 5.54. The van der Waals surface area contributed by atoms with Crippen LogP contribution in [-0.2, 0) is 13.0 Å². The number of benzene rings is 1. The quantitative estimate of drug-likeness (QED) is 0.781. The summed E-state index contributed by atoms with van der Waals surface area (Å²) in [6.45, 7) is 2.74. The molecule has 124 valence electrons. The number of thioether (sulfide) groups is 1. The van der Waals surface area contributed by atoms with Gasteiger partial charge in [-0.05, 0) is 37.3 Å². The summed E-state index contributed by atoms with van der Waals surface area (Å²) in [5.74, 6) is -0.0944. The Balaban J connectivity index is 1.98. The third-order valence-electron chi connectivity index (χ3n) is 3.95. The Morgan fingerprint density at radius 3 is 2.65 bits per heavy atom. The van der Waals surface area contributed by atoms with Crippen molar-refractivity contribution >= 4 is 17.7 Å². The Hall–Kier alpha value is -1.72. The average Bonchev–Trinajstić information content (AvgIpc) is 3.03. The maximum atomic E-state index is 12.5. The molecule has 0 bridgehead atoms. The van der Waals surface area contributed by atoms with Crippen molar-refractivity contribution in [3.05, 3.63) is 59.9 Å². The van der Waals surface area contributed by atoms with E-state index in [1.54, 1.807) is 11.8 Å². The van der Waals surface area contributed by atoms with Crippen LogP contribution in [0.4, 0.5) is 0 Å². The highest BCUT2D eigenvalue weighted by Gasteiger charge is 2.19. The Bertz CT molecular complexity index is 608. The van der Waals surface area contributed by atoms with Crippen molar-refractivity contribution in [3.8, 4) is 0 Å². The van der Waals surface area contributed by atoms with Crippen LogP contribution in [0.2, 0.25) is 0 Å². The molecule has 0 saturated carbocycles. The number of aliphatic hydroxyl groups excluding tert-OH is 1. The van der Waals surface area contributed by atoms with Crippen LogP contribution >= 0.6 is 11.8 Å². The maximum absolute atomic E-state index is 12.5. The number of hydrogen-bond donors (Lipinski definition) is 2. The van der Waals surface area contributed by atoms with Gasteiger partial charge in [-0.3, -0.25) is 4.79 Å². The minimum atomic E-state index is -0.0944. The molecule has 2 rings (SSSR count). The van der Waals surface area contributed by atoms with E-state index < -0.39 is 0 Å². The normalized spacial score (nSPS) is 13.5. The van der Waals surface area contributed by atoms with Crippen LogP contribution in [0.1, 0.15) is 23.0 Å². The first-order chi connectivity index (χ1) is 11.2. The van der Waals surface area contributed by atoms with E-state index in [1.165, 1.54) is 5.56 Å². The van der Waals surface area contributed by atoms with Gasteiger partial charge in [-0.2, -0.15) is 11.8 Å². The molecule has 1 aromatic carbocycles. The number of nitrogens with one attached hydrogen (secondary N) is 1. The molecule has 4 nitrogen and oxygen atoms in total. The highest BCUT2D eigenvalue weighted by atomic mass is 32.2. The van der Waals surface area contributed by atoms with Gasteiger partial charge >= 0.3 is 0 Å². The fraction of sp³-hybridized carbons (Fsp3) is 0.389. The molecule has 0 saturated heterocycles. The van der Waals surface area contributed by atoms with Gasteiger partial charge in [0.25, 0.3) is 5.91 Å². The summed E-state index contributed by atoms with van der Waals surface area (Å²) < 4.78 is 1.97. The van der Waals surface area contributed by atoms with Crippen LogP contribution in [-0.4, -0.2) is 39.7 Å². The third-order valence-corrected chi connectivity index (χ3v) is 5.11. The van der Waals surface area contributed by atoms with E-state index in [0.29, 0.717) is 5.69 Å². The largest absolute Gasteiger partial charge is 0.395 e. The molecule has 0 aliphatic heterocycles. The van der Waals surface area contributed by atoms with Crippen LogP contribution in [0.25, 0.3) is 0 Å². The van der Waals surface area contributed by atoms with Crippen molar-refractivity contribution in [2.45, 2.75) is 31.2 Å². The summed E-state index contributed by atoms with van der Waals surface area (Å²) in [6, 6.07) is 13.9. The third kappa shape index (κ3) is 4.88. The monoisotopic (exact) mass is 332 g/mol. The molecule has 0 spiro atoms. The molecule has 1 amide bonds. The number of nitrogens with zero attached hydrogens (tertiary/aromatic N) is 1. The second-order valence-corrected chi connectivity index (χ2v) is 6.62. The number of aromatic nitrogens is 1. The molecule has 0 radical (unpaired) electrons. The highest BCUT2D eigenvalue weighted by Crippen LogP contribution is 2.12. The first kappa shape index (κ1) is 17.6. The van der Waals surface area contributed by atoms with Crippen LogP contribution < -0.4 is 5.32 Å². The summed E-state index contributed by atoms with van der Waals surface area (Å²) in [5, 5.41) is 12.3. The number of amides is 1. The molecule has 2 atom stereocenters. The zero-order valence-electron chi connectivity index (χ0n) is 13.6. The topological polar surface area (TPSA) is 54.3 Å². The number of aliphatic hydroxyl groups is 1. The smallest absolute Gasteiger partial charge is 0.268 e. The van der Waals surface area contributed by atoms with Crippen LogP contribution in [0, 0.1) is 0 Å². The van der Waals surface area contributed by atoms with Crippen molar-refractivity contribution < 1.29 is 9.90 Å². The fourth-order valence-electron chi connectivity index (χ4n) is 2.52. The van der Waals surface area contributed by atoms with E-state index in [0.717, 1.165) is 13.0 Å². The van der Waals surface area contributed by atoms with E-state index in [2.05, 4.69) is 17.4 Å².